The van der Waals surface area contributed by atoms with Gasteiger partial charge in [-0.25, -0.2) is 0 Å². The largest absolute Gasteiger partial charge is 0.418 e. The maximum absolute atomic E-state index is 13.3. The van der Waals surface area contributed by atoms with E-state index in [0.717, 1.165) is 23.9 Å². The Bertz CT molecular complexity index is 921. The summed E-state index contributed by atoms with van der Waals surface area (Å²) >= 11 is 8.04. The Labute approximate surface area is 165 Å². The minimum atomic E-state index is -4.65. The number of alkyl halides is 3. The van der Waals surface area contributed by atoms with Gasteiger partial charge in [-0.2, -0.15) is 13.2 Å². The average Bonchev–Trinajstić information content (AvgIpc) is 3.14. The summed E-state index contributed by atoms with van der Waals surface area (Å²) in [7, 11) is 0. The van der Waals surface area contributed by atoms with Crippen LogP contribution in [0.3, 0.4) is 0 Å². The van der Waals surface area contributed by atoms with Crippen LogP contribution in [0.1, 0.15) is 16.4 Å². The molecule has 2 aromatic carbocycles. The van der Waals surface area contributed by atoms with Gasteiger partial charge >= 0.3 is 6.18 Å². The van der Waals surface area contributed by atoms with E-state index in [1.165, 1.54) is 22.9 Å². The zero-order valence-electron chi connectivity index (χ0n) is 13.4. The van der Waals surface area contributed by atoms with E-state index in [2.05, 4.69) is 15.5 Å². The van der Waals surface area contributed by atoms with Crippen LogP contribution in [0.15, 0.2) is 58.4 Å². The number of nitrogens with one attached hydrogen (secondary N) is 1. The second-order valence-electron chi connectivity index (χ2n) is 5.29. The third-order valence-electron chi connectivity index (χ3n) is 3.44. The van der Waals surface area contributed by atoms with Crippen LogP contribution in [-0.2, 0) is 11.0 Å². The summed E-state index contributed by atoms with van der Waals surface area (Å²) in [5, 5.41) is 9.13. The van der Waals surface area contributed by atoms with Crippen molar-refractivity contribution in [1.29, 1.82) is 0 Å². The molecule has 0 fully saturated rings. The molecule has 3 aromatic rings. The summed E-state index contributed by atoms with van der Waals surface area (Å²) in [6, 6.07) is 12.0. The monoisotopic (exact) mass is 429 g/mol. The first-order valence-electron chi connectivity index (χ1n) is 7.50. The van der Waals surface area contributed by atoms with Crippen molar-refractivity contribution < 1.29 is 18.0 Å². The Morgan fingerprint density at radius 3 is 2.56 bits per heavy atom. The number of aromatic nitrogens is 2. The molecule has 3 rings (SSSR count). The van der Waals surface area contributed by atoms with Gasteiger partial charge in [-0.1, -0.05) is 65.0 Å². The van der Waals surface area contributed by atoms with E-state index in [9.17, 15) is 18.0 Å². The number of carbonyl (C=O) groups excluding carboxylic acids is 1. The van der Waals surface area contributed by atoms with Gasteiger partial charge in [0.1, 0.15) is 10.8 Å². The Kier molecular flexibility index (Phi) is 6.03. The fraction of sp³-hybridized carbons (Fsp3) is 0.118. The lowest BCUT2D eigenvalue weighted by Crippen LogP contribution is -2.21. The van der Waals surface area contributed by atoms with Gasteiger partial charge in [0.05, 0.1) is 11.3 Å². The van der Waals surface area contributed by atoms with Gasteiger partial charge < -0.3 is 5.32 Å². The third kappa shape index (κ3) is 5.00. The Hall–Kier alpha value is -2.10. The Morgan fingerprint density at radius 2 is 1.93 bits per heavy atom. The van der Waals surface area contributed by atoms with Crippen molar-refractivity contribution >= 4 is 46.3 Å². The maximum atomic E-state index is 13.3. The summed E-state index contributed by atoms with van der Waals surface area (Å²) in [5.41, 5.74) is 0.799. The predicted octanol–water partition coefficient (Wildman–Crippen LogP) is 5.68. The average molecular weight is 430 g/mol. The van der Waals surface area contributed by atoms with Crippen LogP contribution in [0.2, 0.25) is 5.02 Å². The standard InChI is InChI=1S/C17H11ClF3N3OS2/c18-11-6-7-13(12(8-11)17(19,20)21)23-15(25)14(10-4-2-1-3-5-10)27-16-24-22-9-26-16/h1-9,14H,(H,23,25). The molecule has 27 heavy (non-hydrogen) atoms. The van der Waals surface area contributed by atoms with Crippen LogP contribution < -0.4 is 5.32 Å². The Balaban J connectivity index is 1.92. The van der Waals surface area contributed by atoms with Crippen molar-refractivity contribution in [3.63, 3.8) is 0 Å². The molecule has 1 N–H and O–H groups in total. The highest BCUT2D eigenvalue weighted by Crippen LogP contribution is 2.39. The molecule has 0 aliphatic rings. The number of thioether (sulfide) groups is 1. The molecule has 1 aromatic heterocycles. The fourth-order valence-corrected chi connectivity index (χ4v) is 4.12. The molecule has 1 unspecified atom stereocenters. The smallest absolute Gasteiger partial charge is 0.324 e. The normalized spacial score (nSPS) is 12.6. The van der Waals surface area contributed by atoms with Gasteiger partial charge in [-0.05, 0) is 23.8 Å². The first kappa shape index (κ1) is 19.7. The van der Waals surface area contributed by atoms with E-state index < -0.39 is 22.9 Å². The van der Waals surface area contributed by atoms with E-state index in [4.69, 9.17) is 11.6 Å². The highest BCUT2D eigenvalue weighted by atomic mass is 35.5. The van der Waals surface area contributed by atoms with Crippen LogP contribution in [0.4, 0.5) is 18.9 Å². The van der Waals surface area contributed by atoms with Crippen LogP contribution >= 0.6 is 34.7 Å². The van der Waals surface area contributed by atoms with Gasteiger partial charge in [0.2, 0.25) is 5.91 Å². The summed E-state index contributed by atoms with van der Waals surface area (Å²) in [6.07, 6.45) is -4.65. The lowest BCUT2D eigenvalue weighted by molar-refractivity contribution is -0.137. The molecule has 0 saturated heterocycles. The minimum absolute atomic E-state index is 0.0665. The van der Waals surface area contributed by atoms with Crippen LogP contribution in [0.5, 0.6) is 0 Å². The number of nitrogens with zero attached hydrogens (tertiary/aromatic N) is 2. The third-order valence-corrected chi connectivity index (χ3v) is 5.74. The fourth-order valence-electron chi connectivity index (χ4n) is 2.27. The van der Waals surface area contributed by atoms with Crippen molar-refractivity contribution in [2.45, 2.75) is 15.8 Å². The van der Waals surface area contributed by atoms with Gasteiger partial charge in [-0.3, -0.25) is 4.79 Å². The molecule has 1 amide bonds. The van der Waals surface area contributed by atoms with Gasteiger partial charge in [0, 0.05) is 5.02 Å². The number of benzene rings is 2. The number of anilines is 1. The second kappa shape index (κ2) is 8.28. The van der Waals surface area contributed by atoms with Crippen molar-refractivity contribution in [1.82, 2.24) is 10.2 Å². The summed E-state index contributed by atoms with van der Waals surface area (Å²) in [4.78, 5) is 12.8. The first-order chi connectivity index (χ1) is 12.8. The van der Waals surface area contributed by atoms with E-state index in [-0.39, 0.29) is 10.7 Å². The molecular formula is C17H11ClF3N3OS2. The molecule has 1 atom stereocenters. The molecule has 0 saturated carbocycles. The van der Waals surface area contributed by atoms with Crippen molar-refractivity contribution in [3.8, 4) is 0 Å². The number of carbonyl (C=O) groups is 1. The molecule has 0 radical (unpaired) electrons. The zero-order chi connectivity index (χ0) is 19.4. The predicted molar refractivity (Wildman–Crippen MR) is 100 cm³/mol. The molecule has 140 valence electrons. The van der Waals surface area contributed by atoms with Gasteiger partial charge in [-0.15, -0.1) is 10.2 Å². The minimum Gasteiger partial charge on any atom is -0.324 e. The van der Waals surface area contributed by atoms with E-state index in [1.54, 1.807) is 30.3 Å². The van der Waals surface area contributed by atoms with E-state index in [0.29, 0.717) is 9.90 Å². The highest BCUT2D eigenvalue weighted by Gasteiger charge is 2.35. The number of halogens is 4. The number of hydrogen-bond acceptors (Lipinski definition) is 5. The molecule has 0 spiro atoms. The van der Waals surface area contributed by atoms with Gasteiger partial charge in [0.25, 0.3) is 0 Å². The maximum Gasteiger partial charge on any atom is 0.418 e. The van der Waals surface area contributed by atoms with Crippen LogP contribution in [-0.4, -0.2) is 16.1 Å². The summed E-state index contributed by atoms with van der Waals surface area (Å²) in [6.45, 7) is 0. The number of rotatable bonds is 5. The Morgan fingerprint density at radius 1 is 1.19 bits per heavy atom. The molecule has 0 aliphatic heterocycles. The van der Waals surface area contributed by atoms with Gasteiger partial charge in [0.15, 0.2) is 4.34 Å². The zero-order valence-corrected chi connectivity index (χ0v) is 15.8. The molecule has 0 aliphatic carbocycles. The van der Waals surface area contributed by atoms with E-state index >= 15 is 0 Å². The summed E-state index contributed by atoms with van der Waals surface area (Å²) in [5.74, 6) is -0.603. The number of hydrogen-bond donors (Lipinski definition) is 1. The SMILES string of the molecule is O=C(Nc1ccc(Cl)cc1C(F)(F)F)C(Sc1nncs1)c1ccccc1. The summed E-state index contributed by atoms with van der Waals surface area (Å²) < 4.78 is 40.4. The molecule has 4 nitrogen and oxygen atoms in total. The van der Waals surface area contributed by atoms with E-state index in [1.807, 2.05) is 0 Å². The quantitative estimate of drug-likeness (QED) is 0.530. The first-order valence-corrected chi connectivity index (χ1v) is 9.63. The second-order valence-corrected chi connectivity index (χ2v) is 7.91. The van der Waals surface area contributed by atoms with Crippen molar-refractivity contribution in [3.05, 3.63) is 70.2 Å². The van der Waals surface area contributed by atoms with Crippen molar-refractivity contribution in [2.24, 2.45) is 0 Å². The molecule has 10 heteroatoms. The van der Waals surface area contributed by atoms with Crippen molar-refractivity contribution in [2.75, 3.05) is 5.32 Å². The highest BCUT2D eigenvalue weighted by molar-refractivity contribution is 8.01. The van der Waals surface area contributed by atoms with Crippen LogP contribution in [0.25, 0.3) is 0 Å². The molecular weight excluding hydrogens is 419 g/mol. The molecule has 1 heterocycles. The lowest BCUT2D eigenvalue weighted by Gasteiger charge is -2.18. The molecule has 0 bridgehead atoms. The number of amides is 1. The lowest BCUT2D eigenvalue weighted by atomic mass is 10.1. The topological polar surface area (TPSA) is 54.9 Å². The van der Waals surface area contributed by atoms with Crippen LogP contribution in [0, 0.1) is 0 Å².